The maximum atomic E-state index is 12.1. The molecule has 1 atom stereocenters. The van der Waals surface area contributed by atoms with Crippen LogP contribution < -0.4 is 10.5 Å². The number of carbonyl (C=O) groups is 1. The molecule has 5 rings (SSSR count). The number of carbonyl (C=O) groups excluding carboxylic acids is 1. The van der Waals surface area contributed by atoms with E-state index in [0.717, 1.165) is 45.9 Å². The number of aromatic nitrogens is 1. The van der Waals surface area contributed by atoms with Crippen LogP contribution in [0.25, 0.3) is 26.7 Å². The third kappa shape index (κ3) is 4.53. The fraction of sp³-hybridized carbons (Fsp3) is 0.207. The summed E-state index contributed by atoms with van der Waals surface area (Å²) in [5, 5.41) is 1.98. The topological polar surface area (TPSA) is 78.8 Å². The normalized spacial score (nSPS) is 14.3. The highest BCUT2D eigenvalue weighted by atomic mass is 16.5. The zero-order valence-corrected chi connectivity index (χ0v) is 19.5. The van der Waals surface area contributed by atoms with Crippen molar-refractivity contribution in [3.05, 3.63) is 95.0 Å². The van der Waals surface area contributed by atoms with Crippen LogP contribution in [0.15, 0.2) is 66.9 Å². The number of hydrogen-bond donors (Lipinski definition) is 1. The number of benzene rings is 3. The van der Waals surface area contributed by atoms with Crippen LogP contribution in [0.2, 0.25) is 0 Å². The van der Waals surface area contributed by atoms with Crippen LogP contribution in [0.3, 0.4) is 0 Å². The zero-order valence-electron chi connectivity index (χ0n) is 19.5. The molecule has 1 heterocycles. The lowest BCUT2D eigenvalue weighted by Gasteiger charge is -2.19. The van der Waals surface area contributed by atoms with E-state index >= 15 is 0 Å². The van der Waals surface area contributed by atoms with Gasteiger partial charge in [0.1, 0.15) is 17.7 Å². The van der Waals surface area contributed by atoms with Crippen molar-refractivity contribution in [2.75, 3.05) is 12.3 Å². The first kappa shape index (κ1) is 22.4. The van der Waals surface area contributed by atoms with Crippen molar-refractivity contribution >= 4 is 28.2 Å². The highest BCUT2D eigenvalue weighted by molar-refractivity contribution is 5.94. The summed E-state index contributed by atoms with van der Waals surface area (Å²) in [7, 11) is 0. The quantitative estimate of drug-likeness (QED) is 0.272. The molecule has 1 aliphatic carbocycles. The first-order chi connectivity index (χ1) is 17.1. The lowest BCUT2D eigenvalue weighted by molar-refractivity contribution is -0.142. The van der Waals surface area contributed by atoms with Gasteiger partial charge in [-0.15, -0.1) is 0 Å². The van der Waals surface area contributed by atoms with E-state index in [-0.39, 0.29) is 18.5 Å². The third-order valence-corrected chi connectivity index (χ3v) is 6.39. The van der Waals surface area contributed by atoms with Crippen LogP contribution in [0.1, 0.15) is 36.1 Å². The van der Waals surface area contributed by atoms with Crippen LogP contribution in [-0.4, -0.2) is 17.6 Å². The SMILES string of the molecule is [C-]#[N+]c1ccc(CC(=O)OCC)c(O[C@@H]2CCc3ccc(-c4ccc5ccnc(N)c5c4)cc32)c1. The van der Waals surface area contributed by atoms with E-state index in [1.165, 1.54) is 5.56 Å². The molecular weight excluding hydrogens is 438 g/mol. The molecule has 6 nitrogen and oxygen atoms in total. The molecule has 1 aliphatic rings. The minimum atomic E-state index is -0.313. The lowest BCUT2D eigenvalue weighted by Crippen LogP contribution is -2.10. The second kappa shape index (κ2) is 9.47. The molecule has 6 heteroatoms. The smallest absolute Gasteiger partial charge is 0.310 e. The molecule has 174 valence electrons. The van der Waals surface area contributed by atoms with Crippen molar-refractivity contribution in [3.8, 4) is 16.9 Å². The molecule has 3 aromatic carbocycles. The fourth-order valence-electron chi connectivity index (χ4n) is 4.63. The fourth-order valence-corrected chi connectivity index (χ4v) is 4.63. The van der Waals surface area contributed by atoms with Gasteiger partial charge in [-0.3, -0.25) is 4.79 Å². The molecular formula is C29H25N3O3. The van der Waals surface area contributed by atoms with Crippen molar-refractivity contribution < 1.29 is 14.3 Å². The molecule has 0 unspecified atom stereocenters. The van der Waals surface area contributed by atoms with Crippen molar-refractivity contribution in [2.45, 2.75) is 32.3 Å². The third-order valence-electron chi connectivity index (χ3n) is 6.39. The van der Waals surface area contributed by atoms with Gasteiger partial charge in [0.2, 0.25) is 0 Å². The van der Waals surface area contributed by atoms with Gasteiger partial charge in [-0.05, 0) is 71.7 Å². The molecule has 0 saturated carbocycles. The Labute approximate surface area is 204 Å². The summed E-state index contributed by atoms with van der Waals surface area (Å²) < 4.78 is 11.6. The van der Waals surface area contributed by atoms with E-state index in [4.69, 9.17) is 21.8 Å². The van der Waals surface area contributed by atoms with E-state index < -0.39 is 0 Å². The summed E-state index contributed by atoms with van der Waals surface area (Å²) in [6, 6.07) is 19.8. The van der Waals surface area contributed by atoms with E-state index in [0.29, 0.717) is 23.9 Å². The minimum absolute atomic E-state index is 0.105. The Hall–Kier alpha value is -4.37. The number of fused-ring (bicyclic) bond motifs is 2. The van der Waals surface area contributed by atoms with E-state index in [2.05, 4.69) is 46.2 Å². The predicted molar refractivity (Wildman–Crippen MR) is 136 cm³/mol. The van der Waals surface area contributed by atoms with E-state index in [1.54, 1.807) is 31.3 Å². The summed E-state index contributed by atoms with van der Waals surface area (Å²) in [5.74, 6) is 0.756. The van der Waals surface area contributed by atoms with Gasteiger partial charge in [-0.1, -0.05) is 36.4 Å². The Bertz CT molecular complexity index is 1470. The Morgan fingerprint density at radius 2 is 1.94 bits per heavy atom. The van der Waals surface area contributed by atoms with Crippen LogP contribution in [0.4, 0.5) is 11.5 Å². The maximum Gasteiger partial charge on any atom is 0.310 e. The van der Waals surface area contributed by atoms with Crippen molar-refractivity contribution in [1.82, 2.24) is 4.98 Å². The van der Waals surface area contributed by atoms with Gasteiger partial charge >= 0.3 is 5.97 Å². The average Bonchev–Trinajstić information content (AvgIpc) is 3.27. The summed E-state index contributed by atoms with van der Waals surface area (Å²) >= 11 is 0. The van der Waals surface area contributed by atoms with Crippen molar-refractivity contribution in [2.24, 2.45) is 0 Å². The second-order valence-electron chi connectivity index (χ2n) is 8.58. The van der Waals surface area contributed by atoms with Gasteiger partial charge in [-0.2, -0.15) is 0 Å². The lowest BCUT2D eigenvalue weighted by atomic mass is 9.98. The van der Waals surface area contributed by atoms with Crippen LogP contribution >= 0.6 is 0 Å². The monoisotopic (exact) mass is 463 g/mol. The maximum absolute atomic E-state index is 12.1. The molecule has 0 saturated heterocycles. The predicted octanol–water partition coefficient (Wildman–Crippen LogP) is 6.21. The van der Waals surface area contributed by atoms with E-state index in [1.807, 2.05) is 6.07 Å². The summed E-state index contributed by atoms with van der Waals surface area (Å²) in [5.41, 5.74) is 11.8. The number of hydrogen-bond acceptors (Lipinski definition) is 5. The van der Waals surface area contributed by atoms with Crippen LogP contribution in [-0.2, 0) is 22.4 Å². The Kier molecular flexibility index (Phi) is 6.07. The largest absolute Gasteiger partial charge is 0.487 e. The number of pyridine rings is 1. The minimum Gasteiger partial charge on any atom is -0.487 e. The molecule has 2 N–H and O–H groups in total. The molecule has 35 heavy (non-hydrogen) atoms. The number of nitrogen functional groups attached to an aromatic ring is 1. The van der Waals surface area contributed by atoms with Gasteiger partial charge < -0.3 is 15.2 Å². The Balaban J connectivity index is 1.47. The molecule has 0 amide bonds. The number of aryl methyl sites for hydroxylation is 1. The molecule has 0 fully saturated rings. The van der Waals surface area contributed by atoms with Gasteiger partial charge in [0.05, 0.1) is 19.6 Å². The number of anilines is 1. The number of rotatable bonds is 6. The summed E-state index contributed by atoms with van der Waals surface area (Å²) in [6.07, 6.45) is 3.39. The van der Waals surface area contributed by atoms with Crippen molar-refractivity contribution in [3.63, 3.8) is 0 Å². The number of esters is 1. The molecule has 0 radical (unpaired) electrons. The molecule has 1 aromatic heterocycles. The van der Waals surface area contributed by atoms with Crippen LogP contribution in [0, 0.1) is 6.57 Å². The first-order valence-electron chi connectivity index (χ1n) is 11.7. The standard InChI is InChI=1S/C29H25N3O3/c1-3-34-28(33)16-22-8-10-23(31-2)17-27(22)35-26-11-9-18-4-6-20(14-24(18)26)21-7-5-19-12-13-32-29(30)25(19)15-21/h4-8,10,12-15,17,26H,3,9,11,16H2,1H3,(H2,30,32)/t26-/m1/s1. The number of ether oxygens (including phenoxy) is 2. The van der Waals surface area contributed by atoms with Gasteiger partial charge in [0.25, 0.3) is 0 Å². The second-order valence-corrected chi connectivity index (χ2v) is 8.58. The Morgan fingerprint density at radius 1 is 1.11 bits per heavy atom. The number of nitrogens with zero attached hydrogens (tertiary/aromatic N) is 2. The van der Waals surface area contributed by atoms with Gasteiger partial charge in [0, 0.05) is 17.1 Å². The Morgan fingerprint density at radius 3 is 2.77 bits per heavy atom. The molecule has 0 bridgehead atoms. The summed E-state index contributed by atoms with van der Waals surface area (Å²) in [4.78, 5) is 19.9. The molecule has 0 aliphatic heterocycles. The highest BCUT2D eigenvalue weighted by Crippen LogP contribution is 2.39. The first-order valence-corrected chi connectivity index (χ1v) is 11.7. The number of nitrogens with two attached hydrogens (primary N) is 1. The zero-order chi connectivity index (χ0) is 24.4. The van der Waals surface area contributed by atoms with Gasteiger partial charge in [0.15, 0.2) is 5.69 Å². The summed E-state index contributed by atoms with van der Waals surface area (Å²) in [6.45, 7) is 9.49. The van der Waals surface area contributed by atoms with E-state index in [9.17, 15) is 4.79 Å². The van der Waals surface area contributed by atoms with Crippen molar-refractivity contribution in [1.29, 1.82) is 0 Å². The van der Waals surface area contributed by atoms with Crippen LogP contribution in [0.5, 0.6) is 5.75 Å². The molecule has 0 spiro atoms. The molecule has 4 aromatic rings. The van der Waals surface area contributed by atoms with Gasteiger partial charge in [-0.25, -0.2) is 9.83 Å². The average molecular weight is 464 g/mol. The highest BCUT2D eigenvalue weighted by Gasteiger charge is 2.26.